The number of nitrogens with zero attached hydrogens (tertiary/aromatic N) is 1. The third-order valence-corrected chi connectivity index (χ3v) is 5.65. The monoisotopic (exact) mass is 436 g/mol. The minimum Gasteiger partial charge on any atom is -0.328 e. The molecule has 3 rings (SSSR count). The van der Waals surface area contributed by atoms with E-state index in [-0.39, 0.29) is 22.5 Å². The molecule has 0 radical (unpaired) electrons. The molecule has 0 aliphatic rings. The van der Waals surface area contributed by atoms with Gasteiger partial charge in [0.15, 0.2) is 0 Å². The van der Waals surface area contributed by atoms with Crippen molar-refractivity contribution in [2.75, 3.05) is 0 Å². The highest BCUT2D eigenvalue weighted by molar-refractivity contribution is 7.92. The van der Waals surface area contributed by atoms with Crippen LogP contribution in [0.5, 0.6) is 0 Å². The molecule has 0 bridgehead atoms. The first-order valence-corrected chi connectivity index (χ1v) is 9.42. The van der Waals surface area contributed by atoms with Crippen LogP contribution in [0.2, 0.25) is 5.02 Å². The summed E-state index contributed by atoms with van der Waals surface area (Å²) in [5.74, 6) is -0.589. The average molecular weight is 437 g/mol. The van der Waals surface area contributed by atoms with E-state index in [1.807, 2.05) is 0 Å². The van der Waals surface area contributed by atoms with Crippen molar-refractivity contribution in [2.24, 2.45) is 0 Å². The average Bonchev–Trinajstić information content (AvgIpc) is 3.08. The van der Waals surface area contributed by atoms with E-state index in [2.05, 4.69) is 9.97 Å². The number of H-pyrrole nitrogens is 1. The Morgan fingerprint density at radius 2 is 1.50 bits per heavy atom. The molecule has 0 saturated heterocycles. The summed E-state index contributed by atoms with van der Waals surface area (Å²) < 4.78 is 89.7. The van der Waals surface area contributed by atoms with Crippen molar-refractivity contribution in [1.29, 1.82) is 0 Å². The van der Waals surface area contributed by atoms with Crippen LogP contribution >= 0.6 is 11.6 Å². The third kappa shape index (κ3) is 3.49. The highest BCUT2D eigenvalue weighted by Crippen LogP contribution is 2.37. The number of nitrogens with one attached hydrogen (secondary N) is 1. The standard InChI is InChI=1S/C17H10ClF5N2O2S/c18-11-5-1-9(2-6-11)13-14(10-3-7-12(19)8-4-10)25-16(24-13)28(26,27)17(22,23)15(20)21/h1-8,15H,(H,24,25). The number of sulfone groups is 1. The van der Waals surface area contributed by atoms with Gasteiger partial charge in [0, 0.05) is 16.1 Å². The second-order valence-corrected chi connectivity index (χ2v) is 8.02. The Morgan fingerprint density at radius 3 is 2.04 bits per heavy atom. The number of benzene rings is 2. The van der Waals surface area contributed by atoms with E-state index in [1.54, 1.807) is 0 Å². The van der Waals surface area contributed by atoms with E-state index in [9.17, 15) is 30.4 Å². The van der Waals surface area contributed by atoms with Crippen LogP contribution in [0.1, 0.15) is 0 Å². The molecule has 1 aromatic heterocycles. The number of aromatic nitrogens is 2. The van der Waals surface area contributed by atoms with Crippen molar-refractivity contribution in [3.8, 4) is 22.5 Å². The van der Waals surface area contributed by atoms with Crippen molar-refractivity contribution in [3.63, 3.8) is 0 Å². The van der Waals surface area contributed by atoms with Crippen LogP contribution in [-0.4, -0.2) is 30.1 Å². The topological polar surface area (TPSA) is 62.8 Å². The predicted octanol–water partition coefficient (Wildman–Crippen LogP) is 5.17. The zero-order valence-corrected chi connectivity index (χ0v) is 15.2. The van der Waals surface area contributed by atoms with Gasteiger partial charge in [-0.2, -0.15) is 8.78 Å². The number of alkyl halides is 4. The molecule has 0 aliphatic heterocycles. The number of hydrogen-bond acceptors (Lipinski definition) is 3. The van der Waals surface area contributed by atoms with E-state index in [1.165, 1.54) is 36.4 Å². The molecule has 0 spiro atoms. The van der Waals surface area contributed by atoms with Crippen LogP contribution in [0, 0.1) is 5.82 Å². The van der Waals surface area contributed by atoms with Crippen LogP contribution in [0.15, 0.2) is 53.7 Å². The Morgan fingerprint density at radius 1 is 0.964 bits per heavy atom. The molecule has 0 unspecified atom stereocenters. The smallest absolute Gasteiger partial charge is 0.328 e. The zero-order valence-electron chi connectivity index (χ0n) is 13.6. The Labute approximate surface area is 160 Å². The number of aromatic amines is 1. The van der Waals surface area contributed by atoms with Crippen LogP contribution in [-0.2, 0) is 9.84 Å². The molecule has 0 aliphatic carbocycles. The molecule has 148 valence electrons. The van der Waals surface area contributed by atoms with Gasteiger partial charge in [-0.25, -0.2) is 26.6 Å². The minimum absolute atomic E-state index is 0.0639. The van der Waals surface area contributed by atoms with Crippen LogP contribution in [0.4, 0.5) is 22.0 Å². The van der Waals surface area contributed by atoms with Gasteiger partial charge in [0.2, 0.25) is 5.16 Å². The fourth-order valence-corrected chi connectivity index (χ4v) is 3.43. The van der Waals surface area contributed by atoms with Gasteiger partial charge in [-0.05, 0) is 36.4 Å². The summed E-state index contributed by atoms with van der Waals surface area (Å²) in [5.41, 5.74) is 0.320. The molecule has 2 aromatic carbocycles. The summed E-state index contributed by atoms with van der Waals surface area (Å²) >= 11 is 5.80. The normalized spacial score (nSPS) is 12.5. The molecular formula is C17H10ClF5N2O2S. The Balaban J connectivity index is 2.24. The summed E-state index contributed by atoms with van der Waals surface area (Å²) in [7, 11) is -5.82. The first-order valence-electron chi connectivity index (χ1n) is 7.56. The van der Waals surface area contributed by atoms with Gasteiger partial charge in [0.05, 0.1) is 11.4 Å². The fraction of sp³-hybridized carbons (Fsp3) is 0.118. The number of halogens is 6. The van der Waals surface area contributed by atoms with E-state index in [4.69, 9.17) is 11.6 Å². The molecule has 11 heteroatoms. The van der Waals surface area contributed by atoms with Crippen molar-refractivity contribution in [1.82, 2.24) is 9.97 Å². The van der Waals surface area contributed by atoms with E-state index < -0.39 is 32.5 Å². The van der Waals surface area contributed by atoms with Gasteiger partial charge in [-0.15, -0.1) is 0 Å². The number of imidazole rings is 1. The molecule has 1 heterocycles. The fourth-order valence-electron chi connectivity index (χ4n) is 2.37. The maximum atomic E-state index is 13.6. The van der Waals surface area contributed by atoms with Gasteiger partial charge >= 0.3 is 11.7 Å². The molecule has 0 amide bonds. The second kappa shape index (κ2) is 7.17. The quantitative estimate of drug-likeness (QED) is 0.561. The second-order valence-electron chi connectivity index (χ2n) is 5.65. The minimum atomic E-state index is -5.82. The Bertz CT molecular complexity index is 1030. The lowest BCUT2D eigenvalue weighted by Crippen LogP contribution is -2.37. The van der Waals surface area contributed by atoms with E-state index in [0.717, 1.165) is 12.1 Å². The summed E-state index contributed by atoms with van der Waals surface area (Å²) in [4.78, 5) is 5.80. The maximum Gasteiger partial charge on any atom is 0.411 e. The van der Waals surface area contributed by atoms with Crippen LogP contribution < -0.4 is 0 Å². The van der Waals surface area contributed by atoms with Gasteiger partial charge in [0.25, 0.3) is 9.84 Å². The molecular weight excluding hydrogens is 427 g/mol. The zero-order chi connectivity index (χ0) is 20.7. The molecule has 28 heavy (non-hydrogen) atoms. The van der Waals surface area contributed by atoms with Crippen LogP contribution in [0.25, 0.3) is 22.5 Å². The van der Waals surface area contributed by atoms with Gasteiger partial charge < -0.3 is 4.98 Å². The maximum absolute atomic E-state index is 13.6. The summed E-state index contributed by atoms with van der Waals surface area (Å²) in [6.45, 7) is 0. The van der Waals surface area contributed by atoms with Crippen molar-refractivity contribution < 1.29 is 30.4 Å². The highest BCUT2D eigenvalue weighted by Gasteiger charge is 2.56. The summed E-state index contributed by atoms with van der Waals surface area (Å²) in [6, 6.07) is 10.4. The highest BCUT2D eigenvalue weighted by atomic mass is 35.5. The van der Waals surface area contributed by atoms with Gasteiger partial charge in [-0.3, -0.25) is 0 Å². The lowest BCUT2D eigenvalue weighted by molar-refractivity contribution is -0.0639. The van der Waals surface area contributed by atoms with Crippen LogP contribution in [0.3, 0.4) is 0 Å². The first kappa shape index (κ1) is 20.3. The molecule has 0 fully saturated rings. The van der Waals surface area contributed by atoms with Gasteiger partial charge in [-0.1, -0.05) is 23.7 Å². The third-order valence-electron chi connectivity index (χ3n) is 3.80. The molecule has 3 aromatic rings. The predicted molar refractivity (Wildman–Crippen MR) is 92.6 cm³/mol. The van der Waals surface area contributed by atoms with Gasteiger partial charge in [0.1, 0.15) is 5.82 Å². The van der Waals surface area contributed by atoms with E-state index in [0.29, 0.717) is 5.02 Å². The van der Waals surface area contributed by atoms with Crippen molar-refractivity contribution in [2.45, 2.75) is 16.8 Å². The SMILES string of the molecule is O=S(=O)(c1nc(-c2ccc(Cl)cc2)c(-c2ccc(F)cc2)[nH]1)C(F)(F)C(F)F. The number of rotatable bonds is 5. The van der Waals surface area contributed by atoms with Crippen molar-refractivity contribution in [3.05, 3.63) is 59.4 Å². The summed E-state index contributed by atoms with van der Waals surface area (Å²) in [5, 5.41) is -6.33. The molecule has 4 nitrogen and oxygen atoms in total. The lowest BCUT2D eigenvalue weighted by atomic mass is 10.1. The number of hydrogen-bond donors (Lipinski definition) is 1. The van der Waals surface area contributed by atoms with E-state index >= 15 is 0 Å². The molecule has 0 atom stereocenters. The Hall–Kier alpha value is -2.46. The first-order chi connectivity index (χ1) is 13.0. The van der Waals surface area contributed by atoms with Crippen molar-refractivity contribution >= 4 is 21.4 Å². The summed E-state index contributed by atoms with van der Waals surface area (Å²) in [6.07, 6.45) is -4.45. The lowest BCUT2D eigenvalue weighted by Gasteiger charge is -2.13. The largest absolute Gasteiger partial charge is 0.411 e. The molecule has 0 saturated carbocycles. The molecule has 1 N–H and O–H groups in total. The Kier molecular flexibility index (Phi) is 5.20.